The van der Waals surface area contributed by atoms with E-state index in [-0.39, 0.29) is 0 Å². The maximum absolute atomic E-state index is 6.15. The maximum Gasteiger partial charge on any atom is 0.152 e. The number of anilines is 1. The van der Waals surface area contributed by atoms with Gasteiger partial charge in [-0.2, -0.15) is 0 Å². The number of hydrogen-bond donors (Lipinski definition) is 1. The number of hydrogen-bond acceptors (Lipinski definition) is 4. The SMILES string of the molecule is Cc1cc(Oc2ccc3scnc3c2N)ccc1C(C)C. The van der Waals surface area contributed by atoms with Gasteiger partial charge in [-0.1, -0.05) is 19.9 Å². The summed E-state index contributed by atoms with van der Waals surface area (Å²) < 4.78 is 7.02. The molecule has 0 aliphatic rings. The third-order valence-electron chi connectivity index (χ3n) is 3.59. The van der Waals surface area contributed by atoms with Gasteiger partial charge in [-0.05, 0) is 48.2 Å². The van der Waals surface area contributed by atoms with Crippen molar-refractivity contribution in [2.45, 2.75) is 26.7 Å². The Balaban J connectivity index is 1.95. The highest BCUT2D eigenvalue weighted by Gasteiger charge is 2.10. The van der Waals surface area contributed by atoms with E-state index in [1.165, 1.54) is 11.1 Å². The number of thiazole rings is 1. The van der Waals surface area contributed by atoms with Crippen LogP contribution in [-0.2, 0) is 0 Å². The highest BCUT2D eigenvalue weighted by Crippen LogP contribution is 2.35. The minimum absolute atomic E-state index is 0.510. The third-order valence-corrected chi connectivity index (χ3v) is 4.39. The highest BCUT2D eigenvalue weighted by molar-refractivity contribution is 7.16. The van der Waals surface area contributed by atoms with Crippen molar-refractivity contribution in [2.24, 2.45) is 0 Å². The topological polar surface area (TPSA) is 48.1 Å². The van der Waals surface area contributed by atoms with Crippen molar-refractivity contribution in [3.8, 4) is 11.5 Å². The predicted molar refractivity (Wildman–Crippen MR) is 89.4 cm³/mol. The minimum atomic E-state index is 0.510. The summed E-state index contributed by atoms with van der Waals surface area (Å²) in [6.07, 6.45) is 0. The molecule has 0 spiro atoms. The van der Waals surface area contributed by atoms with Gasteiger partial charge in [0.25, 0.3) is 0 Å². The molecule has 4 heteroatoms. The molecule has 0 amide bonds. The zero-order chi connectivity index (χ0) is 15.0. The van der Waals surface area contributed by atoms with Crippen molar-refractivity contribution in [1.29, 1.82) is 0 Å². The summed E-state index contributed by atoms with van der Waals surface area (Å²) >= 11 is 1.58. The standard InChI is InChI=1S/C17H18N2OS/c1-10(2)13-5-4-12(8-11(13)3)20-14-6-7-15-17(16(14)18)19-9-21-15/h4-10H,18H2,1-3H3. The number of fused-ring (bicyclic) bond motifs is 1. The van der Waals surface area contributed by atoms with Gasteiger partial charge in [0, 0.05) is 0 Å². The van der Waals surface area contributed by atoms with Gasteiger partial charge in [0.1, 0.15) is 17.0 Å². The number of benzene rings is 2. The summed E-state index contributed by atoms with van der Waals surface area (Å²) in [5.74, 6) is 1.97. The van der Waals surface area contributed by atoms with Crippen molar-refractivity contribution in [3.05, 3.63) is 47.0 Å². The Morgan fingerprint density at radius 1 is 1.19 bits per heavy atom. The number of nitrogens with two attached hydrogens (primary N) is 1. The van der Waals surface area contributed by atoms with Crippen molar-refractivity contribution in [1.82, 2.24) is 4.98 Å². The van der Waals surface area contributed by atoms with Crippen molar-refractivity contribution in [2.75, 3.05) is 5.73 Å². The largest absolute Gasteiger partial charge is 0.455 e. The second kappa shape index (κ2) is 5.37. The zero-order valence-electron chi connectivity index (χ0n) is 12.4. The molecule has 0 aliphatic heterocycles. The molecule has 0 radical (unpaired) electrons. The summed E-state index contributed by atoms with van der Waals surface area (Å²) in [7, 11) is 0. The summed E-state index contributed by atoms with van der Waals surface area (Å²) in [6, 6.07) is 10.1. The van der Waals surface area contributed by atoms with Crippen LogP contribution in [0.15, 0.2) is 35.8 Å². The highest BCUT2D eigenvalue weighted by atomic mass is 32.1. The lowest BCUT2D eigenvalue weighted by molar-refractivity contribution is 0.485. The first kappa shape index (κ1) is 13.9. The summed E-state index contributed by atoms with van der Waals surface area (Å²) in [5, 5.41) is 0. The van der Waals surface area contributed by atoms with Crippen LogP contribution >= 0.6 is 11.3 Å². The lowest BCUT2D eigenvalue weighted by Crippen LogP contribution is -1.95. The summed E-state index contributed by atoms with van der Waals surface area (Å²) in [5.41, 5.74) is 11.9. The van der Waals surface area contributed by atoms with E-state index in [9.17, 15) is 0 Å². The maximum atomic E-state index is 6.15. The van der Waals surface area contributed by atoms with Crippen molar-refractivity contribution >= 4 is 27.2 Å². The Morgan fingerprint density at radius 3 is 2.71 bits per heavy atom. The Kier molecular flexibility index (Phi) is 3.55. The minimum Gasteiger partial charge on any atom is -0.455 e. The first-order valence-electron chi connectivity index (χ1n) is 6.96. The quantitative estimate of drug-likeness (QED) is 0.684. The molecule has 0 unspecified atom stereocenters. The average Bonchev–Trinajstić information content (AvgIpc) is 2.91. The van der Waals surface area contributed by atoms with E-state index in [1.54, 1.807) is 16.8 Å². The molecule has 108 valence electrons. The van der Waals surface area contributed by atoms with Crippen LogP contribution in [0.4, 0.5) is 5.69 Å². The Morgan fingerprint density at radius 2 is 2.00 bits per heavy atom. The van der Waals surface area contributed by atoms with Gasteiger partial charge in [-0.25, -0.2) is 4.98 Å². The molecule has 3 rings (SSSR count). The van der Waals surface area contributed by atoms with E-state index in [0.29, 0.717) is 17.4 Å². The van der Waals surface area contributed by atoms with E-state index in [1.807, 2.05) is 18.2 Å². The molecule has 1 heterocycles. The molecule has 2 aromatic carbocycles. The molecule has 3 nitrogen and oxygen atoms in total. The second-order valence-corrected chi connectivity index (χ2v) is 6.34. The number of ether oxygens (including phenoxy) is 1. The fourth-order valence-corrected chi connectivity index (χ4v) is 3.20. The summed E-state index contributed by atoms with van der Waals surface area (Å²) in [6.45, 7) is 6.49. The smallest absolute Gasteiger partial charge is 0.152 e. The van der Waals surface area contributed by atoms with E-state index in [2.05, 4.69) is 37.9 Å². The van der Waals surface area contributed by atoms with Gasteiger partial charge in [-0.15, -0.1) is 11.3 Å². The number of nitrogens with zero attached hydrogens (tertiary/aromatic N) is 1. The van der Waals surface area contributed by atoms with E-state index >= 15 is 0 Å². The van der Waals surface area contributed by atoms with Crippen molar-refractivity contribution < 1.29 is 4.74 Å². The van der Waals surface area contributed by atoms with Crippen LogP contribution in [0, 0.1) is 6.92 Å². The van der Waals surface area contributed by atoms with Crippen LogP contribution in [-0.4, -0.2) is 4.98 Å². The normalized spacial score (nSPS) is 11.2. The van der Waals surface area contributed by atoms with Crippen LogP contribution in [0.5, 0.6) is 11.5 Å². The Labute approximate surface area is 128 Å². The molecule has 21 heavy (non-hydrogen) atoms. The average molecular weight is 298 g/mol. The number of rotatable bonds is 3. The molecule has 0 atom stereocenters. The van der Waals surface area contributed by atoms with Gasteiger partial charge in [0.05, 0.1) is 10.2 Å². The first-order valence-corrected chi connectivity index (χ1v) is 7.84. The molecular weight excluding hydrogens is 280 g/mol. The fraction of sp³-hybridized carbons (Fsp3) is 0.235. The van der Waals surface area contributed by atoms with Crippen LogP contribution in [0.3, 0.4) is 0 Å². The molecule has 1 aromatic heterocycles. The second-order valence-electron chi connectivity index (χ2n) is 5.45. The van der Waals surface area contributed by atoms with Gasteiger partial charge in [-0.3, -0.25) is 0 Å². The molecule has 0 saturated heterocycles. The Hall–Kier alpha value is -2.07. The van der Waals surface area contributed by atoms with Gasteiger partial charge >= 0.3 is 0 Å². The molecule has 0 bridgehead atoms. The zero-order valence-corrected chi connectivity index (χ0v) is 13.2. The monoisotopic (exact) mass is 298 g/mol. The third kappa shape index (κ3) is 2.59. The van der Waals surface area contributed by atoms with E-state index < -0.39 is 0 Å². The Bertz CT molecular complexity index is 793. The lowest BCUT2D eigenvalue weighted by atomic mass is 9.98. The van der Waals surface area contributed by atoms with E-state index in [4.69, 9.17) is 10.5 Å². The molecule has 0 saturated carbocycles. The number of nitrogen functional groups attached to an aromatic ring is 1. The molecule has 0 aliphatic carbocycles. The van der Waals surface area contributed by atoms with Gasteiger partial charge in [0.15, 0.2) is 5.75 Å². The molecule has 2 N–H and O–H groups in total. The van der Waals surface area contributed by atoms with Crippen LogP contribution in [0.2, 0.25) is 0 Å². The van der Waals surface area contributed by atoms with E-state index in [0.717, 1.165) is 16.0 Å². The van der Waals surface area contributed by atoms with Crippen LogP contribution in [0.1, 0.15) is 30.9 Å². The number of aryl methyl sites for hydroxylation is 1. The first-order chi connectivity index (χ1) is 10.1. The van der Waals surface area contributed by atoms with Gasteiger partial charge < -0.3 is 10.5 Å². The van der Waals surface area contributed by atoms with Crippen LogP contribution in [0.25, 0.3) is 10.2 Å². The van der Waals surface area contributed by atoms with Gasteiger partial charge in [0.2, 0.25) is 0 Å². The van der Waals surface area contributed by atoms with Crippen molar-refractivity contribution in [3.63, 3.8) is 0 Å². The predicted octanol–water partition coefficient (Wildman–Crippen LogP) is 5.10. The summed E-state index contributed by atoms with van der Waals surface area (Å²) in [4.78, 5) is 4.29. The fourth-order valence-electron chi connectivity index (χ4n) is 2.51. The molecular formula is C17H18N2OS. The lowest BCUT2D eigenvalue weighted by Gasteiger charge is -2.13. The van der Waals surface area contributed by atoms with Crippen LogP contribution < -0.4 is 10.5 Å². The molecule has 0 fully saturated rings. The molecule has 3 aromatic rings. The number of aromatic nitrogens is 1.